The maximum Gasteiger partial charge on any atom is 0.396 e. The average molecular weight is 455 g/mol. The van der Waals surface area contributed by atoms with E-state index < -0.39 is 40.2 Å². The van der Waals surface area contributed by atoms with Crippen molar-refractivity contribution in [3.63, 3.8) is 0 Å². The molecule has 0 radical (unpaired) electrons. The van der Waals surface area contributed by atoms with Gasteiger partial charge in [-0.2, -0.15) is 18.2 Å². The van der Waals surface area contributed by atoms with Crippen molar-refractivity contribution >= 4 is 15.7 Å². The van der Waals surface area contributed by atoms with Crippen molar-refractivity contribution in [2.75, 3.05) is 6.26 Å². The van der Waals surface area contributed by atoms with Gasteiger partial charge in [0.05, 0.1) is 6.04 Å². The van der Waals surface area contributed by atoms with Gasteiger partial charge in [-0.15, -0.1) is 0 Å². The predicted molar refractivity (Wildman–Crippen MR) is 106 cm³/mol. The zero-order valence-corrected chi connectivity index (χ0v) is 17.3. The van der Waals surface area contributed by atoms with Crippen LogP contribution in [0.3, 0.4) is 0 Å². The molecule has 0 bridgehead atoms. The smallest absolute Gasteiger partial charge is 0.396 e. The number of benzene rings is 1. The van der Waals surface area contributed by atoms with Gasteiger partial charge in [0.1, 0.15) is 23.6 Å². The molecule has 1 N–H and O–H groups in total. The van der Waals surface area contributed by atoms with E-state index in [0.717, 1.165) is 30.7 Å². The second kappa shape index (κ2) is 9.04. The largest absolute Gasteiger partial charge is 0.438 e. The van der Waals surface area contributed by atoms with Crippen molar-refractivity contribution in [2.45, 2.75) is 31.5 Å². The summed E-state index contributed by atoms with van der Waals surface area (Å²) in [6, 6.07) is 7.62. The number of hydrogen-bond donors (Lipinski definition) is 1. The lowest BCUT2D eigenvalue weighted by Crippen LogP contribution is -2.35. The topological polar surface area (TPSA) is 98.2 Å². The molecule has 1 saturated carbocycles. The van der Waals surface area contributed by atoms with Crippen molar-refractivity contribution in [1.82, 2.24) is 15.3 Å². The van der Waals surface area contributed by atoms with Gasteiger partial charge in [-0.25, -0.2) is 13.4 Å². The summed E-state index contributed by atoms with van der Waals surface area (Å²) in [6.07, 6.45) is -0.869. The number of aromatic nitrogens is 2. The van der Waals surface area contributed by atoms with Crippen LogP contribution in [-0.2, 0) is 16.3 Å². The molecule has 7 nitrogen and oxygen atoms in total. The third kappa shape index (κ3) is 7.35. The number of sulfone groups is 1. The number of rotatable bonds is 8. The van der Waals surface area contributed by atoms with Gasteiger partial charge >= 0.3 is 6.18 Å². The molecule has 1 aliphatic rings. The summed E-state index contributed by atoms with van der Waals surface area (Å²) in [6.45, 7) is 0. The van der Waals surface area contributed by atoms with Gasteiger partial charge in [-0.3, -0.25) is 4.79 Å². The molecule has 31 heavy (non-hydrogen) atoms. The van der Waals surface area contributed by atoms with Crippen LogP contribution in [0.25, 0.3) is 0 Å². The third-order valence-electron chi connectivity index (χ3n) is 4.33. The monoisotopic (exact) mass is 455 g/mol. The molecule has 0 saturated heterocycles. The Kier molecular flexibility index (Phi) is 6.63. The number of hydrogen-bond acceptors (Lipinski definition) is 6. The van der Waals surface area contributed by atoms with Crippen molar-refractivity contribution < 1.29 is 31.1 Å². The highest BCUT2D eigenvalue weighted by molar-refractivity contribution is 7.93. The lowest BCUT2D eigenvalue weighted by atomic mass is 10.1. The first-order chi connectivity index (χ1) is 14.5. The molecular weight excluding hydrogens is 435 g/mol. The Labute approximate surface area is 177 Å². The number of nitrogens with zero attached hydrogens (tertiary/aromatic N) is 2. The molecule has 1 fully saturated rings. The average Bonchev–Trinajstić information content (AvgIpc) is 3.49. The van der Waals surface area contributed by atoms with Crippen LogP contribution >= 0.6 is 0 Å². The number of alkyl halides is 3. The maximum atomic E-state index is 12.8. The number of nitrogens with one attached hydrogen (secondary N) is 1. The van der Waals surface area contributed by atoms with E-state index in [0.29, 0.717) is 0 Å². The van der Waals surface area contributed by atoms with Gasteiger partial charge in [0, 0.05) is 17.9 Å². The van der Waals surface area contributed by atoms with Gasteiger partial charge in [-0.05, 0) is 30.9 Å². The standard InChI is InChI=1S/C20H20F3N3O4S/c1-31(28,29)10-9-16(13-7-8-13)25-18(27)15-12-24-17(11-20(21,22)23)26-19(15)30-14-5-3-2-4-6-14/h2-6,9-10,12-13,16H,7-8,11H2,1H3,(H,25,27). The van der Waals surface area contributed by atoms with E-state index in [2.05, 4.69) is 15.3 Å². The molecule has 1 aliphatic carbocycles. The molecule has 1 amide bonds. The van der Waals surface area contributed by atoms with Crippen LogP contribution in [0.4, 0.5) is 13.2 Å². The predicted octanol–water partition coefficient (Wildman–Crippen LogP) is 3.44. The van der Waals surface area contributed by atoms with Gasteiger partial charge in [0.15, 0.2) is 9.84 Å². The molecule has 0 spiro atoms. The fourth-order valence-corrected chi connectivity index (χ4v) is 3.19. The van der Waals surface area contributed by atoms with Crippen molar-refractivity contribution in [2.24, 2.45) is 5.92 Å². The molecule has 2 aromatic rings. The van der Waals surface area contributed by atoms with Crippen LogP contribution in [-0.4, -0.2) is 42.8 Å². The quantitative estimate of drug-likeness (QED) is 0.655. The summed E-state index contributed by atoms with van der Waals surface area (Å²) >= 11 is 0. The van der Waals surface area contributed by atoms with Gasteiger partial charge < -0.3 is 10.1 Å². The van der Waals surface area contributed by atoms with Crippen LogP contribution in [0.5, 0.6) is 11.6 Å². The molecule has 1 unspecified atom stereocenters. The summed E-state index contributed by atoms with van der Waals surface area (Å²) in [5.41, 5.74) is -0.159. The molecule has 3 rings (SSSR count). The van der Waals surface area contributed by atoms with E-state index in [4.69, 9.17) is 4.74 Å². The number of carbonyl (C=O) groups is 1. The Balaban J connectivity index is 1.88. The van der Waals surface area contributed by atoms with Crippen LogP contribution in [0.15, 0.2) is 48.0 Å². The normalized spacial score (nSPS) is 15.6. The van der Waals surface area contributed by atoms with Crippen LogP contribution in [0.1, 0.15) is 29.0 Å². The third-order valence-corrected chi connectivity index (χ3v) is 4.98. The highest BCUT2D eigenvalue weighted by Crippen LogP contribution is 2.34. The first-order valence-corrected chi connectivity index (χ1v) is 11.3. The zero-order valence-electron chi connectivity index (χ0n) is 16.5. The second-order valence-electron chi connectivity index (χ2n) is 7.21. The Hall–Kier alpha value is -2.95. The van der Waals surface area contributed by atoms with Gasteiger partial charge in [0.25, 0.3) is 5.91 Å². The summed E-state index contributed by atoms with van der Waals surface area (Å²) in [5, 5.41) is 3.70. The molecule has 1 atom stereocenters. The molecule has 1 aromatic heterocycles. The summed E-state index contributed by atoms with van der Waals surface area (Å²) in [4.78, 5) is 20.3. The number of halogens is 3. The minimum absolute atomic E-state index is 0.0749. The van der Waals surface area contributed by atoms with Crippen LogP contribution < -0.4 is 10.1 Å². The van der Waals surface area contributed by atoms with E-state index in [1.807, 2.05) is 0 Å². The summed E-state index contributed by atoms with van der Waals surface area (Å²) < 4.78 is 66.6. The lowest BCUT2D eigenvalue weighted by Gasteiger charge is -2.16. The summed E-state index contributed by atoms with van der Waals surface area (Å²) in [5.74, 6) is -1.18. The number of carbonyl (C=O) groups excluding carboxylic acids is 1. The fraction of sp³-hybridized carbons (Fsp3) is 0.350. The van der Waals surface area contributed by atoms with E-state index in [-0.39, 0.29) is 23.1 Å². The number of ether oxygens (including phenoxy) is 1. The van der Waals surface area contributed by atoms with E-state index in [1.165, 1.54) is 6.08 Å². The fourth-order valence-electron chi connectivity index (χ4n) is 2.73. The Morgan fingerprint density at radius 2 is 1.97 bits per heavy atom. The Morgan fingerprint density at radius 3 is 2.55 bits per heavy atom. The highest BCUT2D eigenvalue weighted by Gasteiger charge is 2.33. The molecular formula is C20H20F3N3O4S. The highest BCUT2D eigenvalue weighted by atomic mass is 32.2. The number of amides is 1. The number of para-hydroxylation sites is 1. The van der Waals surface area contributed by atoms with E-state index in [9.17, 15) is 26.4 Å². The lowest BCUT2D eigenvalue weighted by molar-refractivity contribution is -0.128. The Bertz CT molecular complexity index is 1070. The van der Waals surface area contributed by atoms with E-state index >= 15 is 0 Å². The molecule has 1 heterocycles. The van der Waals surface area contributed by atoms with Gasteiger partial charge in [-0.1, -0.05) is 24.3 Å². The Morgan fingerprint density at radius 1 is 1.29 bits per heavy atom. The van der Waals surface area contributed by atoms with Crippen molar-refractivity contribution in [1.29, 1.82) is 0 Å². The van der Waals surface area contributed by atoms with Crippen molar-refractivity contribution in [3.8, 4) is 11.6 Å². The molecule has 0 aliphatic heterocycles. The van der Waals surface area contributed by atoms with Crippen LogP contribution in [0, 0.1) is 5.92 Å². The first-order valence-electron chi connectivity index (χ1n) is 9.35. The second-order valence-corrected chi connectivity index (χ2v) is 9.14. The van der Waals surface area contributed by atoms with E-state index in [1.54, 1.807) is 30.3 Å². The van der Waals surface area contributed by atoms with Gasteiger partial charge in [0.2, 0.25) is 5.88 Å². The molecule has 1 aromatic carbocycles. The SMILES string of the molecule is CS(=O)(=O)C=CC(NC(=O)c1cnc(CC(F)(F)F)nc1Oc1ccccc1)C1CC1. The zero-order chi connectivity index (χ0) is 22.6. The van der Waals surface area contributed by atoms with Crippen molar-refractivity contribution in [3.05, 3.63) is 59.4 Å². The summed E-state index contributed by atoms with van der Waals surface area (Å²) in [7, 11) is -3.38. The van der Waals surface area contributed by atoms with Crippen LogP contribution in [0.2, 0.25) is 0 Å². The molecule has 166 valence electrons. The minimum atomic E-state index is -4.53. The molecule has 11 heteroatoms. The minimum Gasteiger partial charge on any atom is -0.438 e. The first kappa shape index (κ1) is 22.7. The maximum absolute atomic E-state index is 12.8.